The fourth-order valence-electron chi connectivity index (χ4n) is 2.98. The molecule has 0 radical (unpaired) electrons. The number of benzene rings is 1. The molecule has 2 aromatic rings. The van der Waals surface area contributed by atoms with Gasteiger partial charge < -0.3 is 20.9 Å². The van der Waals surface area contributed by atoms with Crippen LogP contribution in [-0.2, 0) is 13.1 Å². The van der Waals surface area contributed by atoms with Crippen molar-refractivity contribution in [1.29, 1.82) is 0 Å². The largest absolute Gasteiger partial charge is 0.334 e. The molecular formula is C17H24N6O. The van der Waals surface area contributed by atoms with Crippen LogP contribution < -0.4 is 16.4 Å². The molecular weight excluding hydrogens is 304 g/mol. The highest BCUT2D eigenvalue weighted by Gasteiger charge is 2.25. The molecule has 2 atom stereocenters. The summed E-state index contributed by atoms with van der Waals surface area (Å²) in [5, 5.41) is 14.2. The number of hydrogen-bond acceptors (Lipinski definition) is 4. The molecule has 0 saturated carbocycles. The fourth-order valence-corrected chi connectivity index (χ4v) is 2.98. The molecule has 7 nitrogen and oxygen atoms in total. The molecule has 2 heterocycles. The van der Waals surface area contributed by atoms with Crippen LogP contribution in [0.5, 0.6) is 0 Å². The number of amides is 2. The van der Waals surface area contributed by atoms with Crippen molar-refractivity contribution in [2.75, 3.05) is 0 Å². The summed E-state index contributed by atoms with van der Waals surface area (Å²) in [6, 6.07) is 7.70. The van der Waals surface area contributed by atoms with Crippen LogP contribution in [-0.4, -0.2) is 20.8 Å². The average Bonchev–Trinajstić information content (AvgIpc) is 2.96. The lowest BCUT2D eigenvalue weighted by atomic mass is 10.1. The third kappa shape index (κ3) is 3.56. The molecule has 0 bridgehead atoms. The Kier molecular flexibility index (Phi) is 4.80. The van der Waals surface area contributed by atoms with Gasteiger partial charge in [-0.1, -0.05) is 24.3 Å². The van der Waals surface area contributed by atoms with Gasteiger partial charge in [0.2, 0.25) is 0 Å². The minimum absolute atomic E-state index is 0.0161. The first kappa shape index (κ1) is 16.4. The lowest BCUT2D eigenvalue weighted by Gasteiger charge is -2.24. The zero-order chi connectivity index (χ0) is 17.1. The topological polar surface area (TPSA) is 97.9 Å². The first-order valence-corrected chi connectivity index (χ1v) is 8.33. The van der Waals surface area contributed by atoms with Crippen LogP contribution in [0.3, 0.4) is 0 Å². The highest BCUT2D eigenvalue weighted by Crippen LogP contribution is 2.23. The van der Waals surface area contributed by atoms with Crippen molar-refractivity contribution in [2.24, 2.45) is 5.73 Å². The van der Waals surface area contributed by atoms with Crippen molar-refractivity contribution < 1.29 is 4.79 Å². The third-order valence-electron chi connectivity index (χ3n) is 4.41. The van der Waals surface area contributed by atoms with Crippen LogP contribution in [0.25, 0.3) is 0 Å². The molecule has 128 valence electrons. The molecule has 0 spiro atoms. The maximum atomic E-state index is 12.2. The smallest absolute Gasteiger partial charge is 0.315 e. The Hall–Kier alpha value is -2.41. The number of hydrogen-bond donors (Lipinski definition) is 3. The molecule has 0 aliphatic carbocycles. The number of aromatic nitrogens is 3. The Balaban J connectivity index is 1.55. The second-order valence-corrected chi connectivity index (χ2v) is 6.31. The van der Waals surface area contributed by atoms with E-state index in [1.807, 2.05) is 38.1 Å². The normalized spacial score (nSPS) is 17.9. The molecule has 7 heteroatoms. The summed E-state index contributed by atoms with van der Waals surface area (Å²) in [6.45, 7) is 5.28. The average molecular weight is 328 g/mol. The van der Waals surface area contributed by atoms with E-state index in [4.69, 9.17) is 5.73 Å². The van der Waals surface area contributed by atoms with Gasteiger partial charge in [-0.2, -0.15) is 0 Å². The van der Waals surface area contributed by atoms with Gasteiger partial charge in [-0.3, -0.25) is 0 Å². The van der Waals surface area contributed by atoms with Crippen molar-refractivity contribution >= 4 is 6.03 Å². The minimum atomic E-state index is -0.189. The second-order valence-electron chi connectivity index (χ2n) is 6.31. The molecule has 1 aromatic carbocycles. The van der Waals surface area contributed by atoms with Crippen molar-refractivity contribution in [3.63, 3.8) is 0 Å². The predicted octanol–water partition coefficient (Wildman–Crippen LogP) is 1.94. The van der Waals surface area contributed by atoms with Crippen LogP contribution in [0.1, 0.15) is 54.6 Å². The predicted molar refractivity (Wildman–Crippen MR) is 91.1 cm³/mol. The summed E-state index contributed by atoms with van der Waals surface area (Å²) in [7, 11) is 0. The van der Waals surface area contributed by atoms with Crippen LogP contribution in [0.15, 0.2) is 24.3 Å². The highest BCUT2D eigenvalue weighted by molar-refractivity contribution is 5.74. The van der Waals surface area contributed by atoms with Gasteiger partial charge in [0.15, 0.2) is 5.82 Å². The number of urea groups is 1. The zero-order valence-electron chi connectivity index (χ0n) is 14.1. The van der Waals surface area contributed by atoms with Crippen LogP contribution in [0.4, 0.5) is 4.79 Å². The van der Waals surface area contributed by atoms with Gasteiger partial charge in [-0.05, 0) is 37.8 Å². The summed E-state index contributed by atoms with van der Waals surface area (Å²) in [5.41, 5.74) is 7.96. The van der Waals surface area contributed by atoms with Gasteiger partial charge >= 0.3 is 6.03 Å². The molecule has 4 N–H and O–H groups in total. The summed E-state index contributed by atoms with van der Waals surface area (Å²) >= 11 is 0. The Morgan fingerprint density at radius 3 is 2.83 bits per heavy atom. The van der Waals surface area contributed by atoms with Gasteiger partial charge in [-0.25, -0.2) is 4.79 Å². The summed E-state index contributed by atoms with van der Waals surface area (Å²) in [6.07, 6.45) is 1.89. The third-order valence-corrected chi connectivity index (χ3v) is 4.41. The van der Waals surface area contributed by atoms with Gasteiger partial charge in [0.1, 0.15) is 5.82 Å². The summed E-state index contributed by atoms with van der Waals surface area (Å²) in [4.78, 5) is 12.2. The second kappa shape index (κ2) is 7.00. The van der Waals surface area contributed by atoms with E-state index >= 15 is 0 Å². The van der Waals surface area contributed by atoms with Crippen molar-refractivity contribution in [2.45, 2.75) is 51.9 Å². The van der Waals surface area contributed by atoms with Gasteiger partial charge in [0.05, 0.1) is 6.04 Å². The number of rotatable bonds is 4. The van der Waals surface area contributed by atoms with E-state index < -0.39 is 0 Å². The van der Waals surface area contributed by atoms with E-state index in [-0.39, 0.29) is 18.1 Å². The number of aryl methyl sites for hydroxylation is 1. The van der Waals surface area contributed by atoms with E-state index in [1.54, 1.807) is 0 Å². The van der Waals surface area contributed by atoms with E-state index in [0.717, 1.165) is 42.2 Å². The van der Waals surface area contributed by atoms with Crippen LogP contribution in [0, 0.1) is 6.92 Å². The number of carbonyl (C=O) groups is 1. The molecule has 2 amide bonds. The standard InChI is InChI=1S/C17H24N6O/c1-11(18)14-7-5-13(6-8-14)10-19-17(24)20-15-4-3-9-23-12(2)21-22-16(15)23/h5-8,11,15H,3-4,9-10,18H2,1-2H3,(H2,19,20,24). The van der Waals surface area contributed by atoms with Crippen molar-refractivity contribution in [1.82, 2.24) is 25.4 Å². The van der Waals surface area contributed by atoms with Gasteiger partial charge in [0.25, 0.3) is 0 Å². The van der Waals surface area contributed by atoms with Crippen molar-refractivity contribution in [3.8, 4) is 0 Å². The molecule has 24 heavy (non-hydrogen) atoms. The summed E-state index contributed by atoms with van der Waals surface area (Å²) < 4.78 is 2.07. The summed E-state index contributed by atoms with van der Waals surface area (Å²) in [5.74, 6) is 1.74. The van der Waals surface area contributed by atoms with Crippen LogP contribution in [0.2, 0.25) is 0 Å². The monoisotopic (exact) mass is 328 g/mol. The maximum absolute atomic E-state index is 12.2. The molecule has 1 aromatic heterocycles. The number of nitrogens with one attached hydrogen (secondary N) is 2. The maximum Gasteiger partial charge on any atom is 0.315 e. The molecule has 3 rings (SSSR count). The molecule has 0 fully saturated rings. The quantitative estimate of drug-likeness (QED) is 0.799. The first-order chi connectivity index (χ1) is 11.5. The van der Waals surface area contributed by atoms with E-state index in [1.165, 1.54) is 0 Å². The molecule has 1 aliphatic rings. The van der Waals surface area contributed by atoms with Gasteiger partial charge in [0, 0.05) is 19.1 Å². The fraction of sp³-hybridized carbons (Fsp3) is 0.471. The number of nitrogens with zero attached hydrogens (tertiary/aromatic N) is 3. The minimum Gasteiger partial charge on any atom is -0.334 e. The Morgan fingerprint density at radius 2 is 2.12 bits per heavy atom. The van der Waals surface area contributed by atoms with Gasteiger partial charge in [-0.15, -0.1) is 10.2 Å². The number of carbonyl (C=O) groups excluding carboxylic acids is 1. The van der Waals surface area contributed by atoms with E-state index in [0.29, 0.717) is 6.54 Å². The number of fused-ring (bicyclic) bond motifs is 1. The highest BCUT2D eigenvalue weighted by atomic mass is 16.2. The van der Waals surface area contributed by atoms with E-state index in [2.05, 4.69) is 25.4 Å². The van der Waals surface area contributed by atoms with Crippen LogP contribution >= 0.6 is 0 Å². The molecule has 2 unspecified atom stereocenters. The Bertz CT molecular complexity index is 706. The first-order valence-electron chi connectivity index (χ1n) is 8.33. The lowest BCUT2D eigenvalue weighted by molar-refractivity contribution is 0.233. The Morgan fingerprint density at radius 1 is 1.38 bits per heavy atom. The Labute approximate surface area is 141 Å². The molecule has 1 aliphatic heterocycles. The molecule has 0 saturated heterocycles. The van der Waals surface area contributed by atoms with E-state index in [9.17, 15) is 4.79 Å². The SMILES string of the molecule is Cc1nnc2n1CCCC2NC(=O)NCc1ccc(C(C)N)cc1. The van der Waals surface area contributed by atoms with Crippen molar-refractivity contribution in [3.05, 3.63) is 47.0 Å². The lowest BCUT2D eigenvalue weighted by Crippen LogP contribution is -2.39. The zero-order valence-corrected chi connectivity index (χ0v) is 14.1. The number of nitrogens with two attached hydrogens (primary N) is 1.